The van der Waals surface area contributed by atoms with Gasteiger partial charge in [-0.1, -0.05) is 66.2 Å². The highest BCUT2D eigenvalue weighted by Crippen LogP contribution is 2.47. The highest BCUT2D eigenvalue weighted by atomic mass is 16.3. The monoisotopic (exact) mass is 464 g/mol. The highest BCUT2D eigenvalue weighted by molar-refractivity contribution is 6.05. The minimum absolute atomic E-state index is 0.232. The van der Waals surface area contributed by atoms with Gasteiger partial charge in [0.2, 0.25) is 11.8 Å². The van der Waals surface area contributed by atoms with Crippen molar-refractivity contribution in [1.82, 2.24) is 4.90 Å². The molecule has 0 aromatic heterocycles. The van der Waals surface area contributed by atoms with Gasteiger partial charge in [0.15, 0.2) is 0 Å². The molecule has 0 saturated heterocycles. The summed E-state index contributed by atoms with van der Waals surface area (Å²) in [7, 11) is 0. The lowest BCUT2D eigenvalue weighted by atomic mass is 9.75. The Balaban J connectivity index is 2.16. The number of primary amides is 1. The average molecular weight is 465 g/mol. The van der Waals surface area contributed by atoms with Crippen molar-refractivity contribution in [3.63, 3.8) is 0 Å². The quantitative estimate of drug-likeness (QED) is 0.419. The van der Waals surface area contributed by atoms with E-state index in [4.69, 9.17) is 5.73 Å². The van der Waals surface area contributed by atoms with Crippen molar-refractivity contribution >= 4 is 11.8 Å². The lowest BCUT2D eigenvalue weighted by molar-refractivity contribution is -0.172. The van der Waals surface area contributed by atoms with Gasteiger partial charge in [0.25, 0.3) is 0 Å². The van der Waals surface area contributed by atoms with Gasteiger partial charge < -0.3 is 20.8 Å². The van der Waals surface area contributed by atoms with Crippen LogP contribution in [0.5, 0.6) is 0 Å². The van der Waals surface area contributed by atoms with Crippen LogP contribution in [0.3, 0.4) is 0 Å². The Hall–Kier alpha value is -1.14. The number of rotatable bonds is 10. The summed E-state index contributed by atoms with van der Waals surface area (Å²) in [6, 6.07) is -0.838. The predicted molar refractivity (Wildman–Crippen MR) is 130 cm³/mol. The molecular weight excluding hydrogens is 416 g/mol. The van der Waals surface area contributed by atoms with Crippen molar-refractivity contribution < 1.29 is 19.8 Å². The minimum Gasteiger partial charge on any atom is -0.388 e. The lowest BCUT2D eigenvalue weighted by Gasteiger charge is -2.52. The molecule has 3 saturated carbocycles. The van der Waals surface area contributed by atoms with E-state index >= 15 is 0 Å². The first-order valence-electron chi connectivity index (χ1n) is 13.5. The van der Waals surface area contributed by atoms with E-state index in [0.29, 0.717) is 51.4 Å². The van der Waals surface area contributed by atoms with Gasteiger partial charge in [-0.2, -0.15) is 0 Å². The summed E-state index contributed by atoms with van der Waals surface area (Å²) in [5.74, 6) is -0.246. The van der Waals surface area contributed by atoms with Crippen molar-refractivity contribution in [1.29, 1.82) is 0 Å². The van der Waals surface area contributed by atoms with Crippen LogP contribution in [0.2, 0.25) is 0 Å². The zero-order valence-electron chi connectivity index (χ0n) is 21.4. The van der Waals surface area contributed by atoms with Crippen LogP contribution in [-0.2, 0) is 9.59 Å². The van der Waals surface area contributed by atoms with Crippen LogP contribution in [0.25, 0.3) is 0 Å². The number of carbonyl (C=O) groups excluding carboxylic acids is 2. The Bertz CT molecular complexity index is 650. The molecule has 0 aliphatic heterocycles. The smallest absolute Gasteiger partial charge is 0.238 e. The second-order valence-electron chi connectivity index (χ2n) is 12.3. The van der Waals surface area contributed by atoms with Crippen molar-refractivity contribution in [2.24, 2.45) is 23.0 Å². The third-order valence-corrected chi connectivity index (χ3v) is 8.81. The van der Waals surface area contributed by atoms with Gasteiger partial charge in [-0.15, -0.1) is 0 Å². The maximum Gasteiger partial charge on any atom is 0.238 e. The van der Waals surface area contributed by atoms with E-state index in [-0.39, 0.29) is 17.7 Å². The first-order chi connectivity index (χ1) is 15.5. The van der Waals surface area contributed by atoms with Gasteiger partial charge in [-0.3, -0.25) is 9.59 Å². The largest absolute Gasteiger partial charge is 0.388 e. The van der Waals surface area contributed by atoms with Gasteiger partial charge in [0, 0.05) is 0 Å². The number of amides is 2. The Morgan fingerprint density at radius 3 is 1.36 bits per heavy atom. The summed E-state index contributed by atoms with van der Waals surface area (Å²) in [5, 5.41) is 23.8. The standard InChI is InChI=1S/C27H48N2O4/c1-19(2)17-21(26(32)13-7-8-14-26)29(24(31)25(23(28)30)11-5-6-12-25)22(18-20(3)4)27(33)15-9-10-16-27/h19-22,32-33H,5-18H2,1-4H3,(H2,28,30)/t21-,22-/m1/s1. The molecule has 3 rings (SSSR count). The fourth-order valence-electron chi connectivity index (χ4n) is 7.01. The summed E-state index contributed by atoms with van der Waals surface area (Å²) in [6.07, 6.45) is 10.2. The lowest BCUT2D eigenvalue weighted by Crippen LogP contribution is -2.66. The Kier molecular flexibility index (Phi) is 8.20. The molecule has 4 N–H and O–H groups in total. The molecule has 0 unspecified atom stereocenters. The fraction of sp³-hybridized carbons (Fsp3) is 0.926. The third-order valence-electron chi connectivity index (χ3n) is 8.81. The number of nitrogens with zero attached hydrogens (tertiary/aromatic N) is 1. The molecule has 0 bridgehead atoms. The SMILES string of the molecule is CC(C)C[C@@H](N(C(=O)C1(C(N)=O)CCCC1)[C@H](CC(C)C)C1(O)CCCC1)C1(O)CCCC1. The van der Waals surface area contributed by atoms with Gasteiger partial charge in [-0.05, 0) is 63.2 Å². The third kappa shape index (κ3) is 5.27. The molecule has 2 amide bonds. The second-order valence-corrected chi connectivity index (χ2v) is 12.3. The van der Waals surface area contributed by atoms with Gasteiger partial charge in [0.05, 0.1) is 23.3 Å². The van der Waals surface area contributed by atoms with Gasteiger partial charge in [-0.25, -0.2) is 0 Å². The molecule has 2 atom stereocenters. The second kappa shape index (κ2) is 10.2. The first-order valence-corrected chi connectivity index (χ1v) is 13.5. The minimum atomic E-state index is -1.21. The van der Waals surface area contributed by atoms with Crippen LogP contribution in [0.1, 0.15) is 118 Å². The maximum atomic E-state index is 14.6. The van der Waals surface area contributed by atoms with Crippen molar-refractivity contribution in [3.8, 4) is 0 Å². The molecule has 3 aliphatic rings. The van der Waals surface area contributed by atoms with Crippen molar-refractivity contribution in [2.75, 3.05) is 0 Å². The molecule has 6 heteroatoms. The van der Waals surface area contributed by atoms with E-state index < -0.39 is 34.6 Å². The van der Waals surface area contributed by atoms with Crippen LogP contribution >= 0.6 is 0 Å². The molecule has 3 aliphatic carbocycles. The van der Waals surface area contributed by atoms with Crippen LogP contribution in [0, 0.1) is 17.3 Å². The van der Waals surface area contributed by atoms with Crippen molar-refractivity contribution in [3.05, 3.63) is 0 Å². The highest BCUT2D eigenvalue weighted by Gasteiger charge is 2.57. The van der Waals surface area contributed by atoms with Crippen LogP contribution in [-0.4, -0.2) is 50.2 Å². The molecule has 0 aromatic carbocycles. The first kappa shape index (κ1) is 26.5. The molecule has 190 valence electrons. The van der Waals surface area contributed by atoms with Gasteiger partial charge >= 0.3 is 0 Å². The molecule has 3 fully saturated rings. The normalized spacial score (nSPS) is 25.5. The topological polar surface area (TPSA) is 104 Å². The molecule has 33 heavy (non-hydrogen) atoms. The molecule has 6 nitrogen and oxygen atoms in total. The molecule has 0 heterocycles. The van der Waals surface area contributed by atoms with E-state index in [1.165, 1.54) is 0 Å². The van der Waals surface area contributed by atoms with Crippen LogP contribution in [0.15, 0.2) is 0 Å². The number of aliphatic hydroxyl groups is 2. The molecular formula is C27H48N2O4. The summed E-state index contributed by atoms with van der Waals surface area (Å²) in [4.78, 5) is 29.2. The zero-order valence-corrected chi connectivity index (χ0v) is 21.4. The zero-order chi connectivity index (χ0) is 24.4. The number of carbonyl (C=O) groups is 2. The van der Waals surface area contributed by atoms with E-state index in [1.807, 2.05) is 4.90 Å². The predicted octanol–water partition coefficient (Wildman–Crippen LogP) is 4.30. The van der Waals surface area contributed by atoms with Gasteiger partial charge in [0.1, 0.15) is 5.41 Å². The fourth-order valence-corrected chi connectivity index (χ4v) is 7.01. The van der Waals surface area contributed by atoms with E-state index in [2.05, 4.69) is 27.7 Å². The Morgan fingerprint density at radius 1 is 0.727 bits per heavy atom. The summed E-state index contributed by atoms with van der Waals surface area (Å²) >= 11 is 0. The Labute approximate surface area is 200 Å². The van der Waals surface area contributed by atoms with Crippen LogP contribution in [0.4, 0.5) is 0 Å². The number of hydrogen-bond donors (Lipinski definition) is 3. The van der Waals surface area contributed by atoms with Crippen LogP contribution < -0.4 is 5.73 Å². The number of hydrogen-bond acceptors (Lipinski definition) is 4. The number of nitrogens with two attached hydrogens (primary N) is 1. The molecule has 0 aromatic rings. The molecule has 0 spiro atoms. The summed E-state index contributed by atoms with van der Waals surface area (Å²) in [6.45, 7) is 8.48. The Morgan fingerprint density at radius 2 is 1.06 bits per heavy atom. The summed E-state index contributed by atoms with van der Waals surface area (Å²) in [5.41, 5.74) is 2.75. The van der Waals surface area contributed by atoms with Crippen molar-refractivity contribution in [2.45, 2.75) is 141 Å². The van der Waals surface area contributed by atoms with E-state index in [0.717, 1.165) is 38.5 Å². The van der Waals surface area contributed by atoms with E-state index in [9.17, 15) is 19.8 Å². The maximum absolute atomic E-state index is 14.6. The molecule has 0 radical (unpaired) electrons. The summed E-state index contributed by atoms with van der Waals surface area (Å²) < 4.78 is 0. The van der Waals surface area contributed by atoms with E-state index in [1.54, 1.807) is 0 Å². The average Bonchev–Trinajstić information content (AvgIpc) is 3.48.